The molecule has 0 atom stereocenters. The smallest absolute Gasteiger partial charge is 0.211 e. The first-order valence-electron chi connectivity index (χ1n) is 2.97. The molecule has 0 aliphatic heterocycles. The lowest BCUT2D eigenvalue weighted by Crippen LogP contribution is -1.97. The van der Waals surface area contributed by atoms with Crippen LogP contribution in [0.2, 0.25) is 0 Å². The summed E-state index contributed by atoms with van der Waals surface area (Å²) in [4.78, 5) is 13.2. The highest BCUT2D eigenvalue weighted by molar-refractivity contribution is 6.32. The Morgan fingerprint density at radius 1 is 1.30 bits per heavy atom. The fourth-order valence-electron chi connectivity index (χ4n) is 0.672. The summed E-state index contributed by atoms with van der Waals surface area (Å²) in [6.45, 7) is 0. The zero-order chi connectivity index (χ0) is 7.40. The zero-order valence-corrected chi connectivity index (χ0v) is 5.66. The molecule has 1 aromatic carbocycles. The summed E-state index contributed by atoms with van der Waals surface area (Å²) < 4.78 is 0. The Bertz CT molecular complexity index is 261. The monoisotopic (exact) mass is 131 g/mol. The van der Waals surface area contributed by atoms with E-state index in [9.17, 15) is 4.79 Å². The predicted molar refractivity (Wildman–Crippen MR) is 42.4 cm³/mol. The van der Waals surface area contributed by atoms with E-state index in [2.05, 4.69) is 4.99 Å². The molecule has 0 fully saturated rings. The van der Waals surface area contributed by atoms with Crippen molar-refractivity contribution in [1.82, 2.24) is 0 Å². The summed E-state index contributed by atoms with van der Waals surface area (Å²) in [5.74, 6) is 0. The van der Waals surface area contributed by atoms with E-state index >= 15 is 0 Å². The molecule has 1 aromatic rings. The first-order chi connectivity index (χ1) is 4.83. The van der Waals surface area contributed by atoms with Gasteiger partial charge in [-0.2, -0.15) is 4.99 Å². The van der Waals surface area contributed by atoms with Crippen LogP contribution in [0.5, 0.6) is 0 Å². The molecule has 10 heavy (non-hydrogen) atoms. The van der Waals surface area contributed by atoms with Crippen LogP contribution in [0.15, 0.2) is 29.3 Å². The van der Waals surface area contributed by atoms with E-state index in [-0.39, 0.29) is 0 Å². The molecule has 0 aliphatic rings. The van der Waals surface area contributed by atoms with Crippen molar-refractivity contribution in [3.05, 3.63) is 24.3 Å². The Morgan fingerprint density at radius 2 is 1.90 bits per heavy atom. The zero-order valence-electron chi connectivity index (χ0n) is 5.66. The maximum atomic E-state index is 9.77. The van der Waals surface area contributed by atoms with Gasteiger partial charge in [0.15, 0.2) is 0 Å². The number of isocyanates is 1. The van der Waals surface area contributed by atoms with Gasteiger partial charge in [0.25, 0.3) is 0 Å². The van der Waals surface area contributed by atoms with E-state index < -0.39 is 0 Å². The van der Waals surface area contributed by atoms with Gasteiger partial charge in [0.05, 0.1) is 5.69 Å². The Kier molecular flexibility index (Phi) is 2.03. The molecule has 0 saturated carbocycles. The summed E-state index contributed by atoms with van der Waals surface area (Å²) in [5, 5.41) is 0. The first kappa shape index (κ1) is 6.78. The quantitative estimate of drug-likeness (QED) is 0.297. The van der Waals surface area contributed by atoms with E-state index in [1.54, 1.807) is 12.1 Å². The van der Waals surface area contributed by atoms with Gasteiger partial charge >= 0.3 is 0 Å². The molecular weight excluding hydrogens is 125 g/mol. The number of hydrogen-bond donors (Lipinski definition) is 0. The van der Waals surface area contributed by atoms with E-state index in [0.717, 1.165) is 5.46 Å². The van der Waals surface area contributed by atoms with Crippen molar-refractivity contribution in [1.29, 1.82) is 0 Å². The van der Waals surface area contributed by atoms with Crippen LogP contribution >= 0.6 is 0 Å². The largest absolute Gasteiger partial charge is 0.240 e. The highest BCUT2D eigenvalue weighted by Crippen LogP contribution is 2.05. The van der Waals surface area contributed by atoms with Gasteiger partial charge in [0.2, 0.25) is 6.08 Å². The number of benzene rings is 1. The number of nitrogens with zero attached hydrogens (tertiary/aromatic N) is 1. The number of rotatable bonds is 1. The van der Waals surface area contributed by atoms with Gasteiger partial charge in [0.1, 0.15) is 7.85 Å². The molecule has 2 nitrogen and oxygen atoms in total. The number of hydrogen-bond acceptors (Lipinski definition) is 2. The Balaban J connectivity index is 3.00. The topological polar surface area (TPSA) is 29.4 Å². The van der Waals surface area contributed by atoms with E-state index in [1.165, 1.54) is 6.08 Å². The van der Waals surface area contributed by atoms with Crippen molar-refractivity contribution < 1.29 is 4.79 Å². The summed E-state index contributed by atoms with van der Waals surface area (Å²) in [5.41, 5.74) is 1.81. The molecular formula is C7H6BNO. The normalized spacial score (nSPS) is 8.40. The summed E-state index contributed by atoms with van der Waals surface area (Å²) in [6.07, 6.45) is 1.48. The lowest BCUT2D eigenvalue weighted by atomic mass is 9.96. The lowest BCUT2D eigenvalue weighted by molar-refractivity contribution is 0.565. The molecule has 0 saturated heterocycles. The number of aliphatic imine (C=N–C) groups is 1. The van der Waals surface area contributed by atoms with Gasteiger partial charge in [-0.05, 0) is 12.1 Å². The molecule has 0 aromatic heterocycles. The first-order valence-corrected chi connectivity index (χ1v) is 2.97. The van der Waals surface area contributed by atoms with E-state index in [0.29, 0.717) is 5.69 Å². The molecule has 0 amide bonds. The molecule has 0 bridgehead atoms. The van der Waals surface area contributed by atoms with Gasteiger partial charge in [-0.3, -0.25) is 0 Å². The summed E-state index contributed by atoms with van der Waals surface area (Å²) in [7, 11) is 1.98. The Labute approximate surface area is 60.0 Å². The highest BCUT2D eigenvalue weighted by Gasteiger charge is 1.85. The van der Waals surface area contributed by atoms with Crippen LogP contribution in [0, 0.1) is 0 Å². The second-order valence-corrected chi connectivity index (χ2v) is 2.04. The molecule has 0 spiro atoms. The summed E-state index contributed by atoms with van der Waals surface area (Å²) >= 11 is 0. The van der Waals surface area contributed by atoms with Gasteiger partial charge in [0, 0.05) is 0 Å². The number of carbonyl (C=O) groups excluding carboxylic acids is 1. The van der Waals surface area contributed by atoms with E-state index in [1.807, 2.05) is 20.0 Å². The molecule has 48 valence electrons. The average molecular weight is 131 g/mol. The SMILES string of the molecule is Bc1ccc(N=C=O)cc1. The van der Waals surface area contributed by atoms with Gasteiger partial charge in [-0.1, -0.05) is 17.6 Å². The molecule has 0 N–H and O–H groups in total. The van der Waals surface area contributed by atoms with Crippen LogP contribution in [-0.2, 0) is 4.79 Å². The molecule has 0 radical (unpaired) electrons. The second-order valence-electron chi connectivity index (χ2n) is 2.04. The third-order valence-electron chi connectivity index (χ3n) is 1.21. The fraction of sp³-hybridized carbons (Fsp3) is 0. The molecule has 0 aliphatic carbocycles. The molecule has 0 unspecified atom stereocenters. The van der Waals surface area contributed by atoms with E-state index in [4.69, 9.17) is 0 Å². The van der Waals surface area contributed by atoms with Crippen LogP contribution in [-0.4, -0.2) is 13.9 Å². The minimum atomic E-state index is 0.653. The van der Waals surface area contributed by atoms with Crippen molar-refractivity contribution in [3.63, 3.8) is 0 Å². The summed E-state index contributed by atoms with van der Waals surface area (Å²) in [6, 6.07) is 7.35. The van der Waals surface area contributed by atoms with Crippen LogP contribution in [0.4, 0.5) is 5.69 Å². The highest BCUT2D eigenvalue weighted by atomic mass is 16.1. The van der Waals surface area contributed by atoms with Crippen LogP contribution in [0.1, 0.15) is 0 Å². The lowest BCUT2D eigenvalue weighted by Gasteiger charge is -1.89. The van der Waals surface area contributed by atoms with Crippen molar-refractivity contribution in [3.8, 4) is 0 Å². The maximum absolute atomic E-state index is 9.77. The van der Waals surface area contributed by atoms with Gasteiger partial charge in [-0.15, -0.1) is 0 Å². The van der Waals surface area contributed by atoms with Crippen LogP contribution in [0.25, 0.3) is 0 Å². The maximum Gasteiger partial charge on any atom is 0.240 e. The van der Waals surface area contributed by atoms with Crippen LogP contribution < -0.4 is 5.46 Å². The standard InChI is InChI=1S/C7H6BNO/c8-6-1-3-7(4-2-6)9-5-10/h1-4H,8H2. The minimum Gasteiger partial charge on any atom is -0.211 e. The average Bonchev–Trinajstić information content (AvgIpc) is 1.95. The predicted octanol–water partition coefficient (Wildman–Crippen LogP) is -0.0877. The third kappa shape index (κ3) is 1.57. The van der Waals surface area contributed by atoms with Crippen molar-refractivity contribution >= 4 is 25.1 Å². The molecule has 3 heteroatoms. The third-order valence-corrected chi connectivity index (χ3v) is 1.21. The minimum absolute atomic E-state index is 0.653. The van der Waals surface area contributed by atoms with Crippen molar-refractivity contribution in [2.75, 3.05) is 0 Å². The van der Waals surface area contributed by atoms with Gasteiger partial charge in [-0.25, -0.2) is 4.79 Å². The fourth-order valence-corrected chi connectivity index (χ4v) is 0.672. The molecule has 1 rings (SSSR count). The Hall–Kier alpha value is -1.34. The van der Waals surface area contributed by atoms with Crippen LogP contribution in [0.3, 0.4) is 0 Å². The van der Waals surface area contributed by atoms with Crippen molar-refractivity contribution in [2.24, 2.45) is 4.99 Å². The van der Waals surface area contributed by atoms with Gasteiger partial charge < -0.3 is 0 Å². The molecule has 0 heterocycles. The van der Waals surface area contributed by atoms with Crippen molar-refractivity contribution in [2.45, 2.75) is 0 Å². The second kappa shape index (κ2) is 2.99. The Morgan fingerprint density at radius 3 is 2.40 bits per heavy atom.